The van der Waals surface area contributed by atoms with Gasteiger partial charge in [-0.25, -0.2) is 4.39 Å². The van der Waals surface area contributed by atoms with E-state index >= 15 is 0 Å². The smallest absolute Gasteiger partial charge is 0.224 e. The summed E-state index contributed by atoms with van der Waals surface area (Å²) < 4.78 is 12.6. The van der Waals surface area contributed by atoms with Crippen LogP contribution in [0.5, 0.6) is 0 Å². The SMILES string of the molecule is O=C(Cc1ccc(F)cc1)N[C@H]1CCNC1. The number of benzene rings is 1. The summed E-state index contributed by atoms with van der Waals surface area (Å²) in [6.45, 7) is 1.80. The van der Waals surface area contributed by atoms with Gasteiger partial charge in [0.2, 0.25) is 5.91 Å². The Hall–Kier alpha value is -1.42. The lowest BCUT2D eigenvalue weighted by molar-refractivity contribution is -0.121. The van der Waals surface area contributed by atoms with Crippen LogP contribution in [-0.4, -0.2) is 25.0 Å². The standard InChI is InChI=1S/C12H15FN2O/c13-10-3-1-9(2-4-10)7-12(16)15-11-5-6-14-8-11/h1-4,11,14H,5-8H2,(H,15,16)/t11-/m0/s1. The molecule has 16 heavy (non-hydrogen) atoms. The van der Waals surface area contributed by atoms with Crippen LogP contribution < -0.4 is 10.6 Å². The van der Waals surface area contributed by atoms with E-state index in [0.717, 1.165) is 25.1 Å². The number of nitrogens with one attached hydrogen (secondary N) is 2. The quantitative estimate of drug-likeness (QED) is 0.796. The lowest BCUT2D eigenvalue weighted by Crippen LogP contribution is -2.37. The van der Waals surface area contributed by atoms with Gasteiger partial charge in [-0.15, -0.1) is 0 Å². The van der Waals surface area contributed by atoms with Gasteiger partial charge in [-0.2, -0.15) is 0 Å². The van der Waals surface area contributed by atoms with Gasteiger partial charge in [0.05, 0.1) is 6.42 Å². The van der Waals surface area contributed by atoms with Crippen molar-refractivity contribution in [1.82, 2.24) is 10.6 Å². The van der Waals surface area contributed by atoms with Crippen molar-refractivity contribution in [3.05, 3.63) is 35.6 Å². The number of amides is 1. The lowest BCUT2D eigenvalue weighted by Gasteiger charge is -2.11. The van der Waals surface area contributed by atoms with Crippen molar-refractivity contribution in [1.29, 1.82) is 0 Å². The molecule has 0 bridgehead atoms. The first kappa shape index (κ1) is 11.1. The first-order chi connectivity index (χ1) is 7.74. The second-order valence-corrected chi connectivity index (χ2v) is 4.06. The molecule has 0 unspecified atom stereocenters. The van der Waals surface area contributed by atoms with E-state index in [4.69, 9.17) is 0 Å². The predicted molar refractivity (Wildman–Crippen MR) is 59.5 cm³/mol. The van der Waals surface area contributed by atoms with Gasteiger partial charge in [0, 0.05) is 12.6 Å². The summed E-state index contributed by atoms with van der Waals surface area (Å²) >= 11 is 0. The topological polar surface area (TPSA) is 41.1 Å². The normalized spacial score (nSPS) is 19.7. The average molecular weight is 222 g/mol. The monoisotopic (exact) mass is 222 g/mol. The third-order valence-electron chi connectivity index (χ3n) is 2.70. The van der Waals surface area contributed by atoms with E-state index in [1.165, 1.54) is 12.1 Å². The molecule has 0 aromatic heterocycles. The molecule has 0 radical (unpaired) electrons. The Labute approximate surface area is 94.0 Å². The molecule has 1 aliphatic heterocycles. The largest absolute Gasteiger partial charge is 0.352 e. The lowest BCUT2D eigenvalue weighted by atomic mass is 10.1. The van der Waals surface area contributed by atoms with Crippen LogP contribution in [-0.2, 0) is 11.2 Å². The van der Waals surface area contributed by atoms with Crippen LogP contribution in [0.3, 0.4) is 0 Å². The van der Waals surface area contributed by atoms with Gasteiger partial charge in [-0.3, -0.25) is 4.79 Å². The molecule has 4 heteroatoms. The summed E-state index contributed by atoms with van der Waals surface area (Å²) in [6, 6.07) is 6.27. The molecule has 1 heterocycles. The van der Waals surface area contributed by atoms with Gasteiger partial charge in [-0.1, -0.05) is 12.1 Å². The van der Waals surface area contributed by atoms with E-state index in [2.05, 4.69) is 10.6 Å². The maximum Gasteiger partial charge on any atom is 0.224 e. The molecule has 86 valence electrons. The van der Waals surface area contributed by atoms with Crippen molar-refractivity contribution in [2.75, 3.05) is 13.1 Å². The van der Waals surface area contributed by atoms with Gasteiger partial charge in [0.1, 0.15) is 5.82 Å². The van der Waals surface area contributed by atoms with Crippen LogP contribution >= 0.6 is 0 Å². The second-order valence-electron chi connectivity index (χ2n) is 4.06. The molecule has 1 aliphatic rings. The summed E-state index contributed by atoms with van der Waals surface area (Å²) in [5.41, 5.74) is 0.838. The zero-order chi connectivity index (χ0) is 11.4. The zero-order valence-electron chi connectivity index (χ0n) is 9.00. The molecule has 2 N–H and O–H groups in total. The minimum absolute atomic E-state index is 0.000285. The van der Waals surface area contributed by atoms with Crippen LogP contribution in [0.2, 0.25) is 0 Å². The Morgan fingerprint density at radius 3 is 2.81 bits per heavy atom. The van der Waals surface area contributed by atoms with Crippen molar-refractivity contribution in [2.24, 2.45) is 0 Å². The number of hydrogen-bond acceptors (Lipinski definition) is 2. The summed E-state index contributed by atoms with van der Waals surface area (Å²) in [7, 11) is 0. The van der Waals surface area contributed by atoms with E-state index in [1.54, 1.807) is 12.1 Å². The molecule has 0 spiro atoms. The molecule has 1 amide bonds. The summed E-state index contributed by atoms with van der Waals surface area (Å²) in [5, 5.41) is 6.13. The van der Waals surface area contributed by atoms with Crippen molar-refractivity contribution in [3.63, 3.8) is 0 Å². The van der Waals surface area contributed by atoms with Gasteiger partial charge < -0.3 is 10.6 Å². The fraction of sp³-hybridized carbons (Fsp3) is 0.417. The highest BCUT2D eigenvalue weighted by Crippen LogP contribution is 2.04. The van der Waals surface area contributed by atoms with Crippen molar-refractivity contribution < 1.29 is 9.18 Å². The third-order valence-corrected chi connectivity index (χ3v) is 2.70. The van der Waals surface area contributed by atoms with Crippen LogP contribution in [0.1, 0.15) is 12.0 Å². The highest BCUT2D eigenvalue weighted by molar-refractivity contribution is 5.78. The molecule has 0 aliphatic carbocycles. The Balaban J connectivity index is 1.84. The molecule has 1 fully saturated rings. The minimum atomic E-state index is -0.274. The molecular weight excluding hydrogens is 207 g/mol. The molecular formula is C12H15FN2O. The van der Waals surface area contributed by atoms with E-state index in [9.17, 15) is 9.18 Å². The van der Waals surface area contributed by atoms with Crippen LogP contribution in [0.4, 0.5) is 4.39 Å². The summed E-state index contributed by atoms with van der Waals surface area (Å²) in [5.74, 6) is -0.274. The van der Waals surface area contributed by atoms with Gasteiger partial charge in [-0.05, 0) is 30.7 Å². The first-order valence-corrected chi connectivity index (χ1v) is 5.48. The van der Waals surface area contributed by atoms with E-state index in [-0.39, 0.29) is 17.8 Å². The molecule has 1 atom stereocenters. The van der Waals surface area contributed by atoms with E-state index in [0.29, 0.717) is 6.42 Å². The third kappa shape index (κ3) is 3.03. The Morgan fingerprint density at radius 1 is 1.44 bits per heavy atom. The average Bonchev–Trinajstić information content (AvgIpc) is 2.74. The van der Waals surface area contributed by atoms with Crippen molar-refractivity contribution >= 4 is 5.91 Å². The van der Waals surface area contributed by atoms with E-state index < -0.39 is 0 Å². The van der Waals surface area contributed by atoms with E-state index in [1.807, 2.05) is 0 Å². The Morgan fingerprint density at radius 2 is 2.19 bits per heavy atom. The van der Waals surface area contributed by atoms with Gasteiger partial charge in [0.25, 0.3) is 0 Å². The molecule has 3 nitrogen and oxygen atoms in total. The Bertz CT molecular complexity index is 358. The van der Waals surface area contributed by atoms with Crippen LogP contribution in [0.15, 0.2) is 24.3 Å². The van der Waals surface area contributed by atoms with Gasteiger partial charge >= 0.3 is 0 Å². The number of halogens is 1. The van der Waals surface area contributed by atoms with Crippen LogP contribution in [0, 0.1) is 5.82 Å². The highest BCUT2D eigenvalue weighted by Gasteiger charge is 2.16. The highest BCUT2D eigenvalue weighted by atomic mass is 19.1. The van der Waals surface area contributed by atoms with Crippen molar-refractivity contribution in [3.8, 4) is 0 Å². The number of rotatable bonds is 3. The molecule has 0 saturated carbocycles. The first-order valence-electron chi connectivity index (χ1n) is 5.48. The maximum atomic E-state index is 12.6. The molecule has 2 rings (SSSR count). The maximum absolute atomic E-state index is 12.6. The fourth-order valence-electron chi connectivity index (χ4n) is 1.84. The summed E-state index contributed by atoms with van der Waals surface area (Å²) in [6.07, 6.45) is 1.30. The zero-order valence-corrected chi connectivity index (χ0v) is 9.00. The number of carbonyl (C=O) groups is 1. The number of hydrogen-bond donors (Lipinski definition) is 2. The molecule has 1 saturated heterocycles. The molecule has 1 aromatic carbocycles. The van der Waals surface area contributed by atoms with Crippen LogP contribution in [0.25, 0.3) is 0 Å². The summed E-state index contributed by atoms with van der Waals surface area (Å²) in [4.78, 5) is 11.6. The second kappa shape index (κ2) is 5.07. The number of carbonyl (C=O) groups excluding carboxylic acids is 1. The fourth-order valence-corrected chi connectivity index (χ4v) is 1.84. The molecule has 1 aromatic rings. The Kier molecular flexibility index (Phi) is 3.51. The predicted octanol–water partition coefficient (Wildman–Crippen LogP) is 0.846. The minimum Gasteiger partial charge on any atom is -0.352 e. The van der Waals surface area contributed by atoms with Crippen molar-refractivity contribution in [2.45, 2.75) is 18.9 Å². The van der Waals surface area contributed by atoms with Gasteiger partial charge in [0.15, 0.2) is 0 Å².